The lowest BCUT2D eigenvalue weighted by Gasteiger charge is -2.46. The van der Waals surface area contributed by atoms with Gasteiger partial charge in [0.15, 0.2) is 0 Å². The Kier molecular flexibility index (Phi) is 5.01. The standard InChI is InChI=1S/C23H27F3N2O/c1-13-9-16-15-7-5-6-8-19(15)27-21(16)22(28(13)12-23(2,3)26)20-17(24)10-14(29-4)11-18(20)25/h5-8,10-11,13,17,20,22,27H,9,12H2,1-4H3/t13-,17?,20?,22-/m1/s1. The fourth-order valence-electron chi connectivity index (χ4n) is 4.76. The number of nitrogens with zero attached hydrogens (tertiary/aromatic N) is 1. The van der Waals surface area contributed by atoms with E-state index in [-0.39, 0.29) is 18.3 Å². The van der Waals surface area contributed by atoms with Gasteiger partial charge in [-0.25, -0.2) is 13.2 Å². The fourth-order valence-corrected chi connectivity index (χ4v) is 4.76. The molecule has 0 saturated carbocycles. The average Bonchev–Trinajstić information content (AvgIpc) is 3.00. The number of fused-ring (bicyclic) bond motifs is 3. The first kappa shape index (κ1) is 20.1. The molecule has 1 aliphatic carbocycles. The van der Waals surface area contributed by atoms with E-state index in [9.17, 15) is 4.39 Å². The van der Waals surface area contributed by atoms with Crippen LogP contribution in [0.4, 0.5) is 13.2 Å². The van der Waals surface area contributed by atoms with Gasteiger partial charge in [0.1, 0.15) is 23.4 Å². The Balaban J connectivity index is 1.87. The summed E-state index contributed by atoms with van der Waals surface area (Å²) in [6.07, 6.45) is 1.66. The molecule has 0 amide bonds. The number of nitrogens with one attached hydrogen (secondary N) is 1. The Morgan fingerprint density at radius 2 is 2.00 bits per heavy atom. The van der Waals surface area contributed by atoms with Crippen molar-refractivity contribution in [1.29, 1.82) is 0 Å². The second-order valence-corrected chi connectivity index (χ2v) is 8.72. The summed E-state index contributed by atoms with van der Waals surface area (Å²) in [5.74, 6) is -1.47. The van der Waals surface area contributed by atoms with Gasteiger partial charge < -0.3 is 9.72 Å². The van der Waals surface area contributed by atoms with E-state index in [1.807, 2.05) is 36.1 Å². The predicted molar refractivity (Wildman–Crippen MR) is 109 cm³/mol. The number of benzene rings is 1. The van der Waals surface area contributed by atoms with Gasteiger partial charge in [0.25, 0.3) is 0 Å². The van der Waals surface area contributed by atoms with Crippen molar-refractivity contribution in [2.45, 2.75) is 51.1 Å². The third-order valence-corrected chi connectivity index (χ3v) is 5.96. The Morgan fingerprint density at radius 3 is 2.66 bits per heavy atom. The number of aromatic nitrogens is 1. The Bertz CT molecular complexity index is 972. The molecule has 2 unspecified atom stereocenters. The van der Waals surface area contributed by atoms with Gasteiger partial charge in [-0.3, -0.25) is 4.90 Å². The molecular weight excluding hydrogens is 377 g/mol. The monoisotopic (exact) mass is 404 g/mol. The van der Waals surface area contributed by atoms with Crippen molar-refractivity contribution in [3.05, 3.63) is 59.3 Å². The normalized spacial score (nSPS) is 28.1. The summed E-state index contributed by atoms with van der Waals surface area (Å²) in [7, 11) is 1.39. The predicted octanol–water partition coefficient (Wildman–Crippen LogP) is 5.56. The molecule has 1 aliphatic heterocycles. The van der Waals surface area contributed by atoms with Crippen LogP contribution in [0.2, 0.25) is 0 Å². The number of para-hydroxylation sites is 1. The number of H-pyrrole nitrogens is 1. The van der Waals surface area contributed by atoms with Crippen LogP contribution >= 0.6 is 0 Å². The van der Waals surface area contributed by atoms with Crippen LogP contribution in [-0.4, -0.2) is 41.4 Å². The maximum atomic E-state index is 15.2. The highest BCUT2D eigenvalue weighted by Gasteiger charge is 2.46. The minimum Gasteiger partial charge on any atom is -0.497 e. The highest BCUT2D eigenvalue weighted by atomic mass is 19.1. The summed E-state index contributed by atoms with van der Waals surface area (Å²) in [6, 6.07) is 7.16. The molecule has 156 valence electrons. The van der Waals surface area contributed by atoms with Crippen molar-refractivity contribution in [2.24, 2.45) is 5.92 Å². The second kappa shape index (κ2) is 7.24. The smallest absolute Gasteiger partial charge is 0.133 e. The van der Waals surface area contributed by atoms with E-state index in [0.29, 0.717) is 6.42 Å². The second-order valence-electron chi connectivity index (χ2n) is 8.72. The lowest BCUT2D eigenvalue weighted by Crippen LogP contribution is -2.51. The molecule has 1 N–H and O–H groups in total. The topological polar surface area (TPSA) is 28.3 Å². The number of alkyl halides is 2. The van der Waals surface area contributed by atoms with Gasteiger partial charge in [-0.1, -0.05) is 18.2 Å². The van der Waals surface area contributed by atoms with Gasteiger partial charge in [-0.15, -0.1) is 0 Å². The van der Waals surface area contributed by atoms with Crippen molar-refractivity contribution >= 4 is 10.9 Å². The first-order chi connectivity index (χ1) is 13.7. The number of hydrogen-bond donors (Lipinski definition) is 1. The molecule has 0 bridgehead atoms. The van der Waals surface area contributed by atoms with Gasteiger partial charge >= 0.3 is 0 Å². The highest BCUT2D eigenvalue weighted by molar-refractivity contribution is 5.85. The molecule has 29 heavy (non-hydrogen) atoms. The molecular formula is C23H27F3N2O. The van der Waals surface area contributed by atoms with Crippen LogP contribution in [0.15, 0.2) is 48.0 Å². The van der Waals surface area contributed by atoms with Gasteiger partial charge in [0.05, 0.1) is 19.1 Å². The minimum atomic E-state index is -1.57. The van der Waals surface area contributed by atoms with E-state index in [4.69, 9.17) is 4.74 Å². The highest BCUT2D eigenvalue weighted by Crippen LogP contribution is 2.47. The number of allylic oxidation sites excluding steroid dienone is 2. The van der Waals surface area contributed by atoms with Crippen molar-refractivity contribution in [1.82, 2.24) is 9.88 Å². The van der Waals surface area contributed by atoms with Crippen LogP contribution < -0.4 is 0 Å². The summed E-state index contributed by atoms with van der Waals surface area (Å²) >= 11 is 0. The van der Waals surface area contributed by atoms with Crippen molar-refractivity contribution < 1.29 is 17.9 Å². The fraction of sp³-hybridized carbons (Fsp3) is 0.478. The molecule has 6 heteroatoms. The van der Waals surface area contributed by atoms with Crippen LogP contribution in [0.25, 0.3) is 10.9 Å². The summed E-state index contributed by atoms with van der Waals surface area (Å²) in [5.41, 5.74) is 1.27. The molecule has 1 aromatic carbocycles. The molecule has 0 radical (unpaired) electrons. The van der Waals surface area contributed by atoms with E-state index < -0.39 is 29.6 Å². The number of rotatable bonds is 4. The molecule has 2 aliphatic rings. The summed E-state index contributed by atoms with van der Waals surface area (Å²) in [6.45, 7) is 5.09. The molecule has 0 spiro atoms. The van der Waals surface area contributed by atoms with E-state index in [2.05, 4.69) is 4.98 Å². The van der Waals surface area contributed by atoms with Crippen LogP contribution in [-0.2, 0) is 11.2 Å². The third kappa shape index (κ3) is 3.59. The van der Waals surface area contributed by atoms with Crippen LogP contribution in [0.5, 0.6) is 0 Å². The summed E-state index contributed by atoms with van der Waals surface area (Å²) < 4.78 is 50.1. The maximum Gasteiger partial charge on any atom is 0.133 e. The molecule has 2 aromatic rings. The van der Waals surface area contributed by atoms with E-state index >= 15 is 8.78 Å². The van der Waals surface area contributed by atoms with E-state index in [0.717, 1.165) is 22.2 Å². The van der Waals surface area contributed by atoms with Crippen molar-refractivity contribution in [3.63, 3.8) is 0 Å². The first-order valence-electron chi connectivity index (χ1n) is 10.0. The first-order valence-corrected chi connectivity index (χ1v) is 10.0. The van der Waals surface area contributed by atoms with Crippen LogP contribution in [0.3, 0.4) is 0 Å². The lowest BCUT2D eigenvalue weighted by molar-refractivity contribution is 0.0157. The van der Waals surface area contributed by atoms with E-state index in [1.165, 1.54) is 33.1 Å². The number of aromatic amines is 1. The SMILES string of the molecule is COC1=CC(F)C([C@@H]2c3[nH]c4ccccc4c3C[C@@H](C)N2CC(C)(C)F)C(F)=C1. The number of ether oxygens (including phenoxy) is 1. The van der Waals surface area contributed by atoms with Crippen LogP contribution in [0.1, 0.15) is 38.1 Å². The molecule has 1 aromatic heterocycles. The third-order valence-electron chi connectivity index (χ3n) is 5.96. The number of halogens is 3. The molecule has 4 rings (SSSR count). The summed E-state index contributed by atoms with van der Waals surface area (Å²) in [4.78, 5) is 5.30. The van der Waals surface area contributed by atoms with Crippen molar-refractivity contribution in [2.75, 3.05) is 13.7 Å². The average molecular weight is 404 g/mol. The Hall–Kier alpha value is -2.21. The van der Waals surface area contributed by atoms with Gasteiger partial charge in [0, 0.05) is 35.3 Å². The minimum absolute atomic E-state index is 0.0606. The molecule has 2 heterocycles. The van der Waals surface area contributed by atoms with Gasteiger partial charge in [-0.2, -0.15) is 0 Å². The maximum absolute atomic E-state index is 15.2. The molecule has 0 fully saturated rings. The van der Waals surface area contributed by atoms with Crippen molar-refractivity contribution in [3.8, 4) is 0 Å². The Labute approximate surface area is 169 Å². The van der Waals surface area contributed by atoms with Gasteiger partial charge in [-0.05, 0) is 44.9 Å². The number of hydrogen-bond acceptors (Lipinski definition) is 2. The zero-order valence-corrected chi connectivity index (χ0v) is 17.2. The quantitative estimate of drug-likeness (QED) is 0.723. The Morgan fingerprint density at radius 1 is 1.28 bits per heavy atom. The van der Waals surface area contributed by atoms with E-state index in [1.54, 1.807) is 0 Å². The zero-order valence-electron chi connectivity index (χ0n) is 17.2. The molecule has 4 atom stereocenters. The largest absolute Gasteiger partial charge is 0.497 e. The molecule has 3 nitrogen and oxygen atoms in total. The zero-order chi connectivity index (χ0) is 20.9. The lowest BCUT2D eigenvalue weighted by atomic mass is 9.80. The number of methoxy groups -OCH3 is 1. The van der Waals surface area contributed by atoms with Gasteiger partial charge in [0.2, 0.25) is 0 Å². The summed E-state index contributed by atoms with van der Waals surface area (Å²) in [5, 5.41) is 1.06. The van der Waals surface area contributed by atoms with Crippen LogP contribution in [0, 0.1) is 5.92 Å². The molecule has 0 saturated heterocycles.